The van der Waals surface area contributed by atoms with Crippen LogP contribution in [-0.2, 0) is 25.7 Å². The summed E-state index contributed by atoms with van der Waals surface area (Å²) in [5, 5.41) is 2.81. The van der Waals surface area contributed by atoms with E-state index in [1.807, 2.05) is 0 Å². The number of benzene rings is 4. The van der Waals surface area contributed by atoms with Gasteiger partial charge < -0.3 is 0 Å². The first kappa shape index (κ1) is 37.0. The van der Waals surface area contributed by atoms with E-state index in [2.05, 4.69) is 99.6 Å². The maximum absolute atomic E-state index is 2.44. The summed E-state index contributed by atoms with van der Waals surface area (Å²) in [7, 11) is 0. The summed E-state index contributed by atoms with van der Waals surface area (Å²) in [4.78, 5) is 0. The molecule has 4 aromatic carbocycles. The molecule has 0 aromatic heterocycles. The SMILES string of the molecule is CCCCCCCCCCCCc1ccccc1Cc1c(Cc2ccccc2CCCCCCCCCC)c(C)cc2ccccc12. The lowest BCUT2D eigenvalue weighted by Gasteiger charge is -2.20. The summed E-state index contributed by atoms with van der Waals surface area (Å²) in [6, 6.07) is 30.2. The lowest BCUT2D eigenvalue weighted by Crippen LogP contribution is -2.05. The Balaban J connectivity index is 1.43. The first-order chi connectivity index (χ1) is 23.2. The summed E-state index contributed by atoms with van der Waals surface area (Å²) < 4.78 is 0. The minimum Gasteiger partial charge on any atom is -0.0654 e. The van der Waals surface area contributed by atoms with E-state index in [9.17, 15) is 0 Å². The molecule has 0 spiro atoms. The number of hydrogen-bond acceptors (Lipinski definition) is 0. The van der Waals surface area contributed by atoms with Crippen molar-refractivity contribution in [3.8, 4) is 0 Å². The van der Waals surface area contributed by atoms with Crippen LogP contribution in [0.2, 0.25) is 0 Å². The standard InChI is InChI=1S/C47H66/c1-4-6-8-10-12-14-15-17-19-21-29-41-31-23-25-33-43(41)38-47-45-35-27-26-34-44(45)36-39(3)46(47)37-42-32-24-22-30-40(42)28-20-18-16-13-11-9-7-5-2/h22-27,30-36H,4-21,28-29,37-38H2,1-3H3. The van der Waals surface area contributed by atoms with Gasteiger partial charge in [-0.3, -0.25) is 0 Å². The van der Waals surface area contributed by atoms with Crippen LogP contribution < -0.4 is 0 Å². The highest BCUT2D eigenvalue weighted by Crippen LogP contribution is 2.32. The van der Waals surface area contributed by atoms with E-state index in [-0.39, 0.29) is 0 Å². The van der Waals surface area contributed by atoms with Crippen LogP contribution in [0.3, 0.4) is 0 Å². The molecule has 254 valence electrons. The van der Waals surface area contributed by atoms with E-state index in [1.54, 1.807) is 16.7 Å². The van der Waals surface area contributed by atoms with Crippen molar-refractivity contribution in [3.63, 3.8) is 0 Å². The molecule has 0 nitrogen and oxygen atoms in total. The van der Waals surface area contributed by atoms with Crippen LogP contribution in [0.1, 0.15) is 168 Å². The molecule has 47 heavy (non-hydrogen) atoms. The summed E-state index contributed by atoms with van der Waals surface area (Å²) in [5.41, 5.74) is 10.7. The number of rotatable bonds is 24. The molecule has 0 aliphatic carbocycles. The van der Waals surface area contributed by atoms with Crippen LogP contribution in [0, 0.1) is 6.92 Å². The van der Waals surface area contributed by atoms with E-state index in [0.717, 1.165) is 12.8 Å². The van der Waals surface area contributed by atoms with Crippen molar-refractivity contribution in [3.05, 3.63) is 118 Å². The van der Waals surface area contributed by atoms with E-state index < -0.39 is 0 Å². The molecular weight excluding hydrogens is 565 g/mol. The molecular formula is C47H66. The number of aryl methyl sites for hydroxylation is 3. The molecule has 0 heterocycles. The zero-order valence-electron chi connectivity index (χ0n) is 30.6. The van der Waals surface area contributed by atoms with Crippen molar-refractivity contribution in [2.45, 2.75) is 162 Å². The Hall–Kier alpha value is -2.86. The van der Waals surface area contributed by atoms with Gasteiger partial charge in [-0.05, 0) is 95.2 Å². The first-order valence-corrected chi connectivity index (χ1v) is 19.8. The largest absolute Gasteiger partial charge is 0.0654 e. The van der Waals surface area contributed by atoms with E-state index in [4.69, 9.17) is 0 Å². The molecule has 0 saturated heterocycles. The average Bonchev–Trinajstić information content (AvgIpc) is 3.09. The lowest BCUT2D eigenvalue weighted by molar-refractivity contribution is 0.556. The minimum atomic E-state index is 1.02. The molecule has 0 fully saturated rings. The molecule has 0 unspecified atom stereocenters. The average molecular weight is 631 g/mol. The first-order valence-electron chi connectivity index (χ1n) is 19.8. The van der Waals surface area contributed by atoms with E-state index >= 15 is 0 Å². The second kappa shape index (κ2) is 21.9. The quantitative estimate of drug-likeness (QED) is 0.0676. The molecule has 0 saturated carbocycles. The van der Waals surface area contributed by atoms with Gasteiger partial charge in [-0.25, -0.2) is 0 Å². The molecule has 0 aliphatic heterocycles. The van der Waals surface area contributed by atoms with Crippen molar-refractivity contribution in [1.29, 1.82) is 0 Å². The van der Waals surface area contributed by atoms with Gasteiger partial charge in [0.1, 0.15) is 0 Å². The monoisotopic (exact) mass is 631 g/mol. The maximum Gasteiger partial charge on any atom is -0.00139 e. The fourth-order valence-corrected chi connectivity index (χ4v) is 7.65. The lowest BCUT2D eigenvalue weighted by atomic mass is 9.85. The van der Waals surface area contributed by atoms with Crippen molar-refractivity contribution in [2.24, 2.45) is 0 Å². The van der Waals surface area contributed by atoms with Gasteiger partial charge in [0.2, 0.25) is 0 Å². The molecule has 0 heteroatoms. The van der Waals surface area contributed by atoms with Crippen molar-refractivity contribution in [2.75, 3.05) is 0 Å². The predicted octanol–water partition coefficient (Wildman–Crippen LogP) is 14.5. The normalized spacial score (nSPS) is 11.5. The van der Waals surface area contributed by atoms with Gasteiger partial charge in [0.25, 0.3) is 0 Å². The molecule has 0 aliphatic rings. The van der Waals surface area contributed by atoms with Crippen LogP contribution in [0.25, 0.3) is 10.8 Å². The van der Waals surface area contributed by atoms with E-state index in [0.29, 0.717) is 0 Å². The second-order valence-electron chi connectivity index (χ2n) is 14.4. The fourth-order valence-electron chi connectivity index (χ4n) is 7.65. The minimum absolute atomic E-state index is 1.02. The Morgan fingerprint density at radius 3 is 1.26 bits per heavy atom. The van der Waals surface area contributed by atoms with E-state index in [1.165, 1.54) is 161 Å². The Morgan fingerprint density at radius 1 is 0.383 bits per heavy atom. The predicted molar refractivity (Wildman–Crippen MR) is 209 cm³/mol. The van der Waals surface area contributed by atoms with Gasteiger partial charge in [-0.2, -0.15) is 0 Å². The molecule has 0 atom stereocenters. The summed E-state index contributed by atoms with van der Waals surface area (Å²) in [5.74, 6) is 0. The second-order valence-corrected chi connectivity index (χ2v) is 14.4. The Labute approximate surface area is 289 Å². The van der Waals surface area contributed by atoms with Gasteiger partial charge in [-0.1, -0.05) is 195 Å². The van der Waals surface area contributed by atoms with Crippen LogP contribution in [0.4, 0.5) is 0 Å². The highest BCUT2D eigenvalue weighted by molar-refractivity contribution is 5.88. The summed E-state index contributed by atoms with van der Waals surface area (Å²) in [6.07, 6.45) is 29.4. The third-order valence-electron chi connectivity index (χ3n) is 10.6. The Morgan fingerprint density at radius 2 is 0.766 bits per heavy atom. The third kappa shape index (κ3) is 12.6. The highest BCUT2D eigenvalue weighted by Gasteiger charge is 2.16. The third-order valence-corrected chi connectivity index (χ3v) is 10.6. The topological polar surface area (TPSA) is 0 Å². The van der Waals surface area contributed by atoms with Gasteiger partial charge in [0, 0.05) is 0 Å². The van der Waals surface area contributed by atoms with Crippen molar-refractivity contribution >= 4 is 10.8 Å². The van der Waals surface area contributed by atoms with Gasteiger partial charge >= 0.3 is 0 Å². The smallest absolute Gasteiger partial charge is 0.00139 e. The zero-order valence-corrected chi connectivity index (χ0v) is 30.6. The Kier molecular flexibility index (Phi) is 17.2. The number of unbranched alkanes of at least 4 members (excludes halogenated alkanes) is 16. The highest BCUT2D eigenvalue weighted by atomic mass is 14.2. The Bertz CT molecular complexity index is 1430. The van der Waals surface area contributed by atoms with Gasteiger partial charge in [0.15, 0.2) is 0 Å². The number of fused-ring (bicyclic) bond motifs is 1. The molecule has 4 rings (SSSR count). The summed E-state index contributed by atoms with van der Waals surface area (Å²) in [6.45, 7) is 6.96. The van der Waals surface area contributed by atoms with Crippen LogP contribution in [-0.4, -0.2) is 0 Å². The summed E-state index contributed by atoms with van der Waals surface area (Å²) >= 11 is 0. The van der Waals surface area contributed by atoms with Crippen LogP contribution in [0.15, 0.2) is 78.9 Å². The fraction of sp³-hybridized carbons (Fsp3) is 0.532. The molecule has 0 bridgehead atoms. The molecule has 0 radical (unpaired) electrons. The van der Waals surface area contributed by atoms with Crippen LogP contribution in [0.5, 0.6) is 0 Å². The van der Waals surface area contributed by atoms with Crippen molar-refractivity contribution in [1.82, 2.24) is 0 Å². The molecule has 4 aromatic rings. The van der Waals surface area contributed by atoms with Gasteiger partial charge in [0.05, 0.1) is 0 Å². The van der Waals surface area contributed by atoms with Crippen molar-refractivity contribution < 1.29 is 0 Å². The zero-order chi connectivity index (χ0) is 32.9. The number of hydrogen-bond donors (Lipinski definition) is 0. The maximum atomic E-state index is 2.44. The van der Waals surface area contributed by atoms with Crippen LogP contribution >= 0.6 is 0 Å². The molecule has 0 amide bonds. The molecule has 0 N–H and O–H groups in total. The van der Waals surface area contributed by atoms with Gasteiger partial charge in [-0.15, -0.1) is 0 Å².